The number of ether oxygens (including phenoxy) is 2. The summed E-state index contributed by atoms with van der Waals surface area (Å²) >= 11 is 0. The second-order valence-corrected chi connectivity index (χ2v) is 6.46. The Labute approximate surface area is 151 Å². The Hall–Kier alpha value is -3.14. The Bertz CT molecular complexity index is 953. The monoisotopic (exact) mass is 346 g/mol. The van der Waals surface area contributed by atoms with Gasteiger partial charge in [0.05, 0.1) is 6.42 Å². The zero-order chi connectivity index (χ0) is 18.1. The van der Waals surface area contributed by atoms with Gasteiger partial charge in [0, 0.05) is 18.4 Å². The van der Waals surface area contributed by atoms with E-state index in [-0.39, 0.29) is 24.3 Å². The third-order valence-electron chi connectivity index (χ3n) is 4.62. The normalized spacial score (nSPS) is 16.3. The summed E-state index contributed by atoms with van der Waals surface area (Å²) in [5.74, 6) is 0.360. The van der Waals surface area contributed by atoms with Gasteiger partial charge in [0.1, 0.15) is 11.5 Å². The average molecular weight is 346 g/mol. The van der Waals surface area contributed by atoms with Crippen LogP contribution in [0.1, 0.15) is 41.5 Å². The Morgan fingerprint density at radius 2 is 2.00 bits per heavy atom. The SMILES string of the molecule is CC(=O)Oc1cccc2c1C=CC2CC(=O)Oc1ccc2c(c1)C=CC2. The van der Waals surface area contributed by atoms with Gasteiger partial charge >= 0.3 is 11.9 Å². The van der Waals surface area contributed by atoms with E-state index in [9.17, 15) is 9.59 Å². The molecule has 4 rings (SSSR count). The molecule has 2 aliphatic carbocycles. The number of carbonyl (C=O) groups is 2. The molecule has 0 saturated carbocycles. The highest BCUT2D eigenvalue weighted by atomic mass is 16.5. The van der Waals surface area contributed by atoms with E-state index in [1.54, 1.807) is 6.07 Å². The summed E-state index contributed by atoms with van der Waals surface area (Å²) in [6, 6.07) is 11.3. The Kier molecular flexibility index (Phi) is 4.17. The molecular weight excluding hydrogens is 328 g/mol. The molecule has 4 nitrogen and oxygen atoms in total. The number of rotatable bonds is 4. The van der Waals surface area contributed by atoms with E-state index in [0.29, 0.717) is 11.5 Å². The molecule has 1 unspecified atom stereocenters. The molecule has 130 valence electrons. The van der Waals surface area contributed by atoms with Crippen LogP contribution in [0.2, 0.25) is 0 Å². The third-order valence-corrected chi connectivity index (χ3v) is 4.62. The first kappa shape index (κ1) is 16.3. The molecule has 2 aromatic carbocycles. The molecule has 0 spiro atoms. The highest BCUT2D eigenvalue weighted by Crippen LogP contribution is 2.38. The first-order chi connectivity index (χ1) is 12.6. The molecule has 4 heteroatoms. The van der Waals surface area contributed by atoms with Gasteiger partial charge in [0.25, 0.3) is 0 Å². The molecular formula is C22H18O4. The summed E-state index contributed by atoms with van der Waals surface area (Å²) < 4.78 is 10.8. The van der Waals surface area contributed by atoms with Crippen molar-refractivity contribution in [2.24, 2.45) is 0 Å². The van der Waals surface area contributed by atoms with Gasteiger partial charge < -0.3 is 9.47 Å². The van der Waals surface area contributed by atoms with Crippen molar-refractivity contribution >= 4 is 24.1 Å². The van der Waals surface area contributed by atoms with E-state index < -0.39 is 0 Å². The standard InChI is InChI=1S/C22H18O4/c1-14(23)25-21-7-3-6-19-17(9-11-20(19)21)13-22(24)26-18-10-8-15-4-2-5-16(15)12-18/h2-3,5-12,17H,4,13H2,1H3. The van der Waals surface area contributed by atoms with Crippen LogP contribution < -0.4 is 9.47 Å². The van der Waals surface area contributed by atoms with Crippen LogP contribution in [0.25, 0.3) is 12.2 Å². The zero-order valence-electron chi connectivity index (χ0n) is 14.4. The summed E-state index contributed by atoms with van der Waals surface area (Å²) in [5, 5.41) is 0. The fraction of sp³-hybridized carbons (Fsp3) is 0.182. The lowest BCUT2D eigenvalue weighted by atomic mass is 9.97. The molecule has 0 aromatic heterocycles. The van der Waals surface area contributed by atoms with E-state index in [1.807, 2.05) is 48.6 Å². The number of hydrogen-bond acceptors (Lipinski definition) is 4. The van der Waals surface area contributed by atoms with E-state index in [1.165, 1.54) is 12.5 Å². The van der Waals surface area contributed by atoms with E-state index >= 15 is 0 Å². The first-order valence-corrected chi connectivity index (χ1v) is 8.60. The van der Waals surface area contributed by atoms with Gasteiger partial charge in [-0.25, -0.2) is 0 Å². The molecule has 0 aliphatic heterocycles. The van der Waals surface area contributed by atoms with Crippen LogP contribution in [-0.2, 0) is 16.0 Å². The molecule has 0 bridgehead atoms. The van der Waals surface area contributed by atoms with Crippen LogP contribution in [0.5, 0.6) is 11.5 Å². The fourth-order valence-electron chi connectivity index (χ4n) is 3.44. The van der Waals surface area contributed by atoms with E-state index in [4.69, 9.17) is 9.47 Å². The number of fused-ring (bicyclic) bond motifs is 2. The lowest BCUT2D eigenvalue weighted by Gasteiger charge is -2.13. The minimum atomic E-state index is -0.361. The summed E-state index contributed by atoms with van der Waals surface area (Å²) in [4.78, 5) is 23.6. The summed E-state index contributed by atoms with van der Waals surface area (Å²) in [6.07, 6.45) is 9.14. The molecule has 0 saturated heterocycles. The molecule has 1 atom stereocenters. The summed E-state index contributed by atoms with van der Waals surface area (Å²) in [6.45, 7) is 1.37. The van der Waals surface area contributed by atoms with Gasteiger partial charge in [0.2, 0.25) is 0 Å². The first-order valence-electron chi connectivity index (χ1n) is 8.60. The van der Waals surface area contributed by atoms with Crippen molar-refractivity contribution in [2.45, 2.75) is 25.7 Å². The molecule has 0 radical (unpaired) electrons. The molecule has 0 heterocycles. The highest BCUT2D eigenvalue weighted by Gasteiger charge is 2.24. The van der Waals surface area contributed by atoms with Crippen LogP contribution in [0.15, 0.2) is 48.6 Å². The smallest absolute Gasteiger partial charge is 0.312 e. The fourth-order valence-corrected chi connectivity index (χ4v) is 3.44. The Balaban J connectivity index is 1.46. The maximum absolute atomic E-state index is 12.4. The van der Waals surface area contributed by atoms with Crippen molar-refractivity contribution in [2.75, 3.05) is 0 Å². The van der Waals surface area contributed by atoms with Gasteiger partial charge in [-0.15, -0.1) is 0 Å². The maximum atomic E-state index is 12.4. The van der Waals surface area contributed by atoms with Crippen LogP contribution in [0, 0.1) is 0 Å². The summed E-state index contributed by atoms with van der Waals surface area (Å²) in [7, 11) is 0. The van der Waals surface area contributed by atoms with Gasteiger partial charge in [-0.3, -0.25) is 9.59 Å². The van der Waals surface area contributed by atoms with Gasteiger partial charge in [-0.2, -0.15) is 0 Å². The lowest BCUT2D eigenvalue weighted by Crippen LogP contribution is -2.12. The van der Waals surface area contributed by atoms with Crippen LogP contribution in [0.4, 0.5) is 0 Å². The average Bonchev–Trinajstić information content (AvgIpc) is 3.22. The Morgan fingerprint density at radius 1 is 1.12 bits per heavy atom. The van der Waals surface area contributed by atoms with Gasteiger partial charge in [0.15, 0.2) is 0 Å². The molecule has 2 aromatic rings. The second kappa shape index (κ2) is 6.64. The molecule has 26 heavy (non-hydrogen) atoms. The maximum Gasteiger partial charge on any atom is 0.312 e. The van der Waals surface area contributed by atoms with Crippen molar-refractivity contribution in [3.8, 4) is 11.5 Å². The van der Waals surface area contributed by atoms with Crippen LogP contribution in [0.3, 0.4) is 0 Å². The Morgan fingerprint density at radius 3 is 2.85 bits per heavy atom. The largest absolute Gasteiger partial charge is 0.426 e. The van der Waals surface area contributed by atoms with E-state index in [2.05, 4.69) is 6.08 Å². The lowest BCUT2D eigenvalue weighted by molar-refractivity contribution is -0.134. The van der Waals surface area contributed by atoms with Crippen molar-refractivity contribution in [1.82, 2.24) is 0 Å². The number of carbonyl (C=O) groups excluding carboxylic acids is 2. The van der Waals surface area contributed by atoms with Crippen LogP contribution >= 0.6 is 0 Å². The quantitative estimate of drug-likeness (QED) is 0.612. The van der Waals surface area contributed by atoms with Gasteiger partial charge in [-0.05, 0) is 41.3 Å². The molecule has 0 N–H and O–H groups in total. The van der Waals surface area contributed by atoms with Crippen molar-refractivity contribution in [1.29, 1.82) is 0 Å². The van der Waals surface area contributed by atoms with Crippen LogP contribution in [-0.4, -0.2) is 11.9 Å². The number of allylic oxidation sites excluding steroid dienone is 2. The third kappa shape index (κ3) is 3.18. The molecule has 2 aliphatic rings. The molecule has 0 fully saturated rings. The number of esters is 2. The van der Waals surface area contributed by atoms with Crippen molar-refractivity contribution in [3.63, 3.8) is 0 Å². The summed E-state index contributed by atoms with van der Waals surface area (Å²) in [5.41, 5.74) is 4.17. The predicted octanol–water partition coefficient (Wildman–Crippen LogP) is 4.29. The zero-order valence-corrected chi connectivity index (χ0v) is 14.4. The minimum absolute atomic E-state index is 0.0812. The van der Waals surface area contributed by atoms with Crippen molar-refractivity contribution < 1.29 is 19.1 Å². The van der Waals surface area contributed by atoms with E-state index in [0.717, 1.165) is 23.1 Å². The number of benzene rings is 2. The highest BCUT2D eigenvalue weighted by molar-refractivity contribution is 5.79. The number of hydrogen-bond donors (Lipinski definition) is 0. The second-order valence-electron chi connectivity index (χ2n) is 6.46. The minimum Gasteiger partial charge on any atom is -0.426 e. The topological polar surface area (TPSA) is 52.6 Å². The van der Waals surface area contributed by atoms with Crippen molar-refractivity contribution in [3.05, 3.63) is 70.8 Å². The predicted molar refractivity (Wildman–Crippen MR) is 99.0 cm³/mol. The molecule has 0 amide bonds. The van der Waals surface area contributed by atoms with Gasteiger partial charge in [-0.1, -0.05) is 42.5 Å².